The Bertz CT molecular complexity index is 610. The minimum atomic E-state index is 0.472. The van der Waals surface area contributed by atoms with E-state index in [2.05, 4.69) is 15.5 Å². The van der Waals surface area contributed by atoms with E-state index in [1.165, 1.54) is 11.3 Å². The van der Waals surface area contributed by atoms with Gasteiger partial charge in [-0.15, -0.1) is 5.10 Å². The number of nitrogens with one attached hydrogen (secondary N) is 2. The third kappa shape index (κ3) is 2.39. The van der Waals surface area contributed by atoms with Gasteiger partial charge in [-0.3, -0.25) is 5.10 Å². The van der Waals surface area contributed by atoms with Crippen molar-refractivity contribution in [3.05, 3.63) is 32.7 Å². The molecule has 80 valence electrons. The molecule has 0 spiro atoms. The molecule has 1 aromatic carbocycles. The van der Waals surface area contributed by atoms with Crippen molar-refractivity contribution in [1.29, 1.82) is 5.26 Å². The smallest absolute Gasteiger partial charge is 0.208 e. The van der Waals surface area contributed by atoms with Crippen molar-refractivity contribution in [2.24, 2.45) is 0 Å². The topological polar surface area (TPSA) is 64.5 Å². The summed E-state index contributed by atoms with van der Waals surface area (Å²) in [5.74, 6) is 0. The fraction of sp³-hybridized carbons (Fsp3) is 0. The molecule has 0 bridgehead atoms. The normalized spacial score (nSPS) is 9.75. The van der Waals surface area contributed by atoms with Crippen molar-refractivity contribution in [3.8, 4) is 6.07 Å². The van der Waals surface area contributed by atoms with E-state index in [-0.39, 0.29) is 0 Å². The number of H-pyrrole nitrogens is 1. The van der Waals surface area contributed by atoms with Crippen LogP contribution in [0.1, 0.15) is 5.56 Å². The van der Waals surface area contributed by atoms with Crippen LogP contribution in [0.2, 0.25) is 5.02 Å². The number of anilines is 2. The van der Waals surface area contributed by atoms with Crippen molar-refractivity contribution < 1.29 is 0 Å². The third-order valence-corrected chi connectivity index (χ3v) is 3.10. The van der Waals surface area contributed by atoms with Gasteiger partial charge in [0.05, 0.1) is 22.3 Å². The lowest BCUT2D eigenvalue weighted by Crippen LogP contribution is -1.91. The summed E-state index contributed by atoms with van der Waals surface area (Å²) in [7, 11) is 0. The molecule has 1 aromatic heterocycles. The van der Waals surface area contributed by atoms with Gasteiger partial charge in [0, 0.05) is 0 Å². The van der Waals surface area contributed by atoms with Gasteiger partial charge >= 0.3 is 0 Å². The second kappa shape index (κ2) is 4.61. The SMILES string of the molecule is N#Cc1ccc(Nc2n[nH]c(=S)s2)c(Cl)c1. The molecule has 0 aliphatic heterocycles. The monoisotopic (exact) mass is 268 g/mol. The van der Waals surface area contributed by atoms with Gasteiger partial charge in [0.2, 0.25) is 5.13 Å². The number of rotatable bonds is 2. The largest absolute Gasteiger partial charge is 0.329 e. The van der Waals surface area contributed by atoms with Crippen molar-refractivity contribution >= 4 is 46.0 Å². The molecule has 0 saturated carbocycles. The summed E-state index contributed by atoms with van der Waals surface area (Å²) in [5, 5.41) is 19.4. The van der Waals surface area contributed by atoms with Crippen LogP contribution in [0.4, 0.5) is 10.8 Å². The van der Waals surface area contributed by atoms with Gasteiger partial charge in [-0.25, -0.2) is 0 Å². The Labute approximate surface area is 106 Å². The zero-order valence-electron chi connectivity index (χ0n) is 7.82. The molecule has 1 heterocycles. The van der Waals surface area contributed by atoms with Gasteiger partial charge < -0.3 is 5.32 Å². The maximum Gasteiger partial charge on any atom is 0.208 e. The number of nitrogens with zero attached hydrogens (tertiary/aromatic N) is 2. The van der Waals surface area contributed by atoms with E-state index < -0.39 is 0 Å². The predicted molar refractivity (Wildman–Crippen MR) is 66.7 cm³/mol. The number of hydrogen-bond donors (Lipinski definition) is 2. The van der Waals surface area contributed by atoms with E-state index >= 15 is 0 Å². The molecule has 2 rings (SSSR count). The van der Waals surface area contributed by atoms with Crippen molar-refractivity contribution in [2.75, 3.05) is 5.32 Å². The highest BCUT2D eigenvalue weighted by Gasteiger charge is 2.04. The van der Waals surface area contributed by atoms with Gasteiger partial charge in [0.25, 0.3) is 0 Å². The Hall–Kier alpha value is -1.42. The highest BCUT2D eigenvalue weighted by Crippen LogP contribution is 2.26. The number of nitriles is 1. The van der Waals surface area contributed by atoms with E-state index in [1.54, 1.807) is 18.2 Å². The summed E-state index contributed by atoms with van der Waals surface area (Å²) in [6.07, 6.45) is 0. The first-order valence-corrected chi connectivity index (χ1v) is 5.81. The highest BCUT2D eigenvalue weighted by molar-refractivity contribution is 7.73. The molecular weight excluding hydrogens is 264 g/mol. The maximum atomic E-state index is 8.69. The van der Waals surface area contributed by atoms with Crippen molar-refractivity contribution in [3.63, 3.8) is 0 Å². The summed E-state index contributed by atoms with van der Waals surface area (Å²) in [6, 6.07) is 7.02. The molecule has 0 saturated heterocycles. The van der Waals surface area contributed by atoms with Gasteiger partial charge in [0.1, 0.15) is 0 Å². The lowest BCUT2D eigenvalue weighted by Gasteiger charge is -2.04. The maximum absolute atomic E-state index is 8.69. The lowest BCUT2D eigenvalue weighted by molar-refractivity contribution is 1.08. The second-order valence-electron chi connectivity index (χ2n) is 2.85. The molecule has 0 fully saturated rings. The van der Waals surface area contributed by atoms with Crippen LogP contribution in [0.3, 0.4) is 0 Å². The Morgan fingerprint density at radius 3 is 2.94 bits per heavy atom. The zero-order valence-corrected chi connectivity index (χ0v) is 10.2. The minimum absolute atomic E-state index is 0.472. The van der Waals surface area contributed by atoms with E-state index in [0.717, 1.165) is 0 Å². The van der Waals surface area contributed by atoms with Crippen LogP contribution in [-0.4, -0.2) is 10.2 Å². The van der Waals surface area contributed by atoms with Crippen molar-refractivity contribution in [1.82, 2.24) is 10.2 Å². The van der Waals surface area contributed by atoms with E-state index in [1.807, 2.05) is 6.07 Å². The number of benzene rings is 1. The van der Waals surface area contributed by atoms with E-state index in [4.69, 9.17) is 29.1 Å². The van der Waals surface area contributed by atoms with Crippen molar-refractivity contribution in [2.45, 2.75) is 0 Å². The Morgan fingerprint density at radius 2 is 2.38 bits per heavy atom. The number of halogens is 1. The molecule has 16 heavy (non-hydrogen) atoms. The van der Waals surface area contributed by atoms with Gasteiger partial charge in [-0.05, 0) is 30.4 Å². The predicted octanol–water partition coefficient (Wildman–Crippen LogP) is 3.47. The lowest BCUT2D eigenvalue weighted by atomic mass is 10.2. The van der Waals surface area contributed by atoms with Crippen LogP contribution in [-0.2, 0) is 0 Å². The Morgan fingerprint density at radius 1 is 1.56 bits per heavy atom. The van der Waals surface area contributed by atoms with Crippen LogP contribution in [0.15, 0.2) is 18.2 Å². The molecule has 0 amide bonds. The average molecular weight is 269 g/mol. The van der Waals surface area contributed by atoms with Gasteiger partial charge in [-0.1, -0.05) is 22.9 Å². The summed E-state index contributed by atoms with van der Waals surface area (Å²) in [4.78, 5) is 0. The third-order valence-electron chi connectivity index (χ3n) is 1.78. The van der Waals surface area contributed by atoms with Crippen LogP contribution in [0, 0.1) is 15.3 Å². The minimum Gasteiger partial charge on any atom is -0.329 e. The van der Waals surface area contributed by atoms with Crippen LogP contribution < -0.4 is 5.32 Å². The first-order valence-electron chi connectivity index (χ1n) is 4.21. The molecule has 0 radical (unpaired) electrons. The quantitative estimate of drug-likeness (QED) is 0.819. The molecule has 2 aromatic rings. The standard InChI is InChI=1S/C9H5ClN4S2/c10-6-3-5(4-11)1-2-7(6)12-8-13-14-9(15)16-8/h1-3H,(H,12,13)(H,14,15). The molecule has 0 atom stereocenters. The van der Waals surface area contributed by atoms with Crippen LogP contribution in [0.25, 0.3) is 0 Å². The Kier molecular flexibility index (Phi) is 3.19. The first kappa shape index (κ1) is 11.1. The summed E-state index contributed by atoms with van der Waals surface area (Å²) >= 11 is 12.2. The first-order chi connectivity index (χ1) is 7.69. The Balaban J connectivity index is 2.29. The summed E-state index contributed by atoms with van der Waals surface area (Å²) in [5.41, 5.74) is 1.21. The zero-order chi connectivity index (χ0) is 11.5. The molecule has 0 unspecified atom stereocenters. The van der Waals surface area contributed by atoms with E-state index in [0.29, 0.717) is 25.4 Å². The van der Waals surface area contributed by atoms with E-state index in [9.17, 15) is 0 Å². The van der Waals surface area contributed by atoms with Crippen LogP contribution >= 0.6 is 35.2 Å². The fourth-order valence-corrected chi connectivity index (χ4v) is 2.11. The molecule has 4 nitrogen and oxygen atoms in total. The number of aromatic amines is 1. The molecule has 0 aliphatic carbocycles. The molecule has 0 aliphatic rings. The average Bonchev–Trinajstić information content (AvgIpc) is 2.67. The fourth-order valence-electron chi connectivity index (χ4n) is 1.08. The second-order valence-corrected chi connectivity index (χ2v) is 4.92. The molecular formula is C9H5ClN4S2. The number of hydrogen-bond acceptors (Lipinski definition) is 5. The highest BCUT2D eigenvalue weighted by atomic mass is 35.5. The molecule has 7 heteroatoms. The van der Waals surface area contributed by atoms with Gasteiger partial charge in [0.15, 0.2) is 3.95 Å². The summed E-state index contributed by atoms with van der Waals surface area (Å²) < 4.78 is 0.590. The van der Waals surface area contributed by atoms with Gasteiger partial charge in [-0.2, -0.15) is 5.26 Å². The van der Waals surface area contributed by atoms with Crippen LogP contribution in [0.5, 0.6) is 0 Å². The summed E-state index contributed by atoms with van der Waals surface area (Å²) in [6.45, 7) is 0. The molecule has 2 N–H and O–H groups in total. The number of aromatic nitrogens is 2.